The van der Waals surface area contributed by atoms with Gasteiger partial charge in [-0.25, -0.2) is 0 Å². The normalized spacial score (nSPS) is 31.0. The first-order chi connectivity index (χ1) is 10.6. The van der Waals surface area contributed by atoms with Gasteiger partial charge in [-0.1, -0.05) is 56.0 Å². The van der Waals surface area contributed by atoms with Gasteiger partial charge in [0, 0.05) is 6.42 Å². The summed E-state index contributed by atoms with van der Waals surface area (Å²) in [5.74, 6) is 0.783. The van der Waals surface area contributed by atoms with E-state index in [0.29, 0.717) is 12.3 Å². The second kappa shape index (κ2) is 6.41. The summed E-state index contributed by atoms with van der Waals surface area (Å²) in [6.07, 6.45) is 8.82. The van der Waals surface area contributed by atoms with Gasteiger partial charge in [-0.05, 0) is 42.6 Å². The lowest BCUT2D eigenvalue weighted by Crippen LogP contribution is -2.57. The first-order valence-corrected chi connectivity index (χ1v) is 8.66. The van der Waals surface area contributed by atoms with Crippen molar-refractivity contribution in [2.24, 2.45) is 23.5 Å². The Morgan fingerprint density at radius 1 is 1.09 bits per heavy atom. The minimum absolute atomic E-state index is 0.101. The molecular weight excluding hydrogens is 274 g/mol. The molecule has 0 amide bonds. The summed E-state index contributed by atoms with van der Waals surface area (Å²) in [4.78, 5) is 12.0. The number of hydrogen-bond acceptors (Lipinski definition) is 2. The number of carboxylic acid groups (broad SMARTS) is 1. The zero-order valence-corrected chi connectivity index (χ0v) is 13.2. The highest BCUT2D eigenvalue weighted by Crippen LogP contribution is 2.45. The van der Waals surface area contributed by atoms with Crippen molar-refractivity contribution in [2.75, 3.05) is 0 Å². The van der Waals surface area contributed by atoms with Crippen LogP contribution in [0.4, 0.5) is 0 Å². The molecule has 3 heteroatoms. The van der Waals surface area contributed by atoms with Crippen LogP contribution in [0, 0.1) is 17.8 Å². The molecule has 1 aromatic rings. The number of carboxylic acids is 1. The third kappa shape index (κ3) is 3.05. The largest absolute Gasteiger partial charge is 0.480 e. The van der Waals surface area contributed by atoms with Gasteiger partial charge in [-0.2, -0.15) is 0 Å². The van der Waals surface area contributed by atoms with E-state index in [1.807, 2.05) is 30.3 Å². The highest BCUT2D eigenvalue weighted by atomic mass is 16.4. The molecular formula is C19H27NO2. The smallest absolute Gasteiger partial charge is 0.324 e. The van der Waals surface area contributed by atoms with Gasteiger partial charge in [0.25, 0.3) is 0 Å². The van der Waals surface area contributed by atoms with E-state index in [0.717, 1.165) is 30.7 Å². The second-order valence-electron chi connectivity index (χ2n) is 7.32. The van der Waals surface area contributed by atoms with Crippen LogP contribution in [-0.2, 0) is 11.2 Å². The molecule has 0 bridgehead atoms. The van der Waals surface area contributed by atoms with Crippen molar-refractivity contribution in [3.63, 3.8) is 0 Å². The van der Waals surface area contributed by atoms with E-state index < -0.39 is 11.5 Å². The van der Waals surface area contributed by atoms with Gasteiger partial charge in [0.2, 0.25) is 0 Å². The Morgan fingerprint density at radius 2 is 1.77 bits per heavy atom. The van der Waals surface area contributed by atoms with Gasteiger partial charge in [0.05, 0.1) is 0 Å². The van der Waals surface area contributed by atoms with Crippen LogP contribution in [0.15, 0.2) is 30.3 Å². The Balaban J connectivity index is 1.77. The summed E-state index contributed by atoms with van der Waals surface area (Å²) in [5.41, 5.74) is 6.37. The number of carbonyl (C=O) groups is 1. The first kappa shape index (κ1) is 15.5. The SMILES string of the molecule is NC(Cc1ccccc1)(C(=O)O)C1CCC2CCCCC2C1. The molecule has 0 heterocycles. The van der Waals surface area contributed by atoms with E-state index in [-0.39, 0.29) is 5.92 Å². The molecule has 4 atom stereocenters. The van der Waals surface area contributed by atoms with Crippen LogP contribution in [0.2, 0.25) is 0 Å². The highest BCUT2D eigenvalue weighted by molar-refractivity contribution is 5.79. The summed E-state index contributed by atoms with van der Waals surface area (Å²) in [5, 5.41) is 9.82. The van der Waals surface area contributed by atoms with Crippen LogP contribution < -0.4 is 5.73 Å². The monoisotopic (exact) mass is 301 g/mol. The number of nitrogens with two attached hydrogens (primary N) is 1. The minimum atomic E-state index is -1.12. The molecule has 22 heavy (non-hydrogen) atoms. The lowest BCUT2D eigenvalue weighted by Gasteiger charge is -2.44. The van der Waals surface area contributed by atoms with E-state index in [2.05, 4.69) is 0 Å². The van der Waals surface area contributed by atoms with Crippen molar-refractivity contribution in [1.29, 1.82) is 0 Å². The molecule has 2 aliphatic rings. The molecule has 0 saturated heterocycles. The average molecular weight is 301 g/mol. The first-order valence-electron chi connectivity index (χ1n) is 8.66. The predicted octanol–water partition coefficient (Wildman–Crippen LogP) is 3.62. The number of benzene rings is 1. The lowest BCUT2D eigenvalue weighted by molar-refractivity contribution is -0.147. The van der Waals surface area contributed by atoms with Crippen molar-refractivity contribution in [1.82, 2.24) is 0 Å². The number of hydrogen-bond donors (Lipinski definition) is 2. The number of aliphatic carboxylic acids is 1. The predicted molar refractivity (Wildman–Crippen MR) is 87.5 cm³/mol. The second-order valence-corrected chi connectivity index (χ2v) is 7.32. The fourth-order valence-corrected chi connectivity index (χ4v) is 4.67. The third-order valence-corrected chi connectivity index (χ3v) is 6.01. The summed E-state index contributed by atoms with van der Waals surface area (Å²) in [7, 11) is 0. The van der Waals surface area contributed by atoms with Gasteiger partial charge in [-0.15, -0.1) is 0 Å². The van der Waals surface area contributed by atoms with E-state index in [4.69, 9.17) is 5.73 Å². The molecule has 120 valence electrons. The molecule has 4 unspecified atom stereocenters. The Bertz CT molecular complexity index is 515. The van der Waals surface area contributed by atoms with Crippen LogP contribution in [0.25, 0.3) is 0 Å². The lowest BCUT2D eigenvalue weighted by atomic mass is 9.62. The van der Waals surface area contributed by atoms with E-state index in [1.165, 1.54) is 25.7 Å². The maximum atomic E-state index is 12.0. The van der Waals surface area contributed by atoms with Crippen LogP contribution in [0.1, 0.15) is 50.5 Å². The van der Waals surface area contributed by atoms with E-state index in [9.17, 15) is 9.90 Å². The van der Waals surface area contributed by atoms with Gasteiger partial charge >= 0.3 is 5.97 Å². The molecule has 0 spiro atoms. The Kier molecular flexibility index (Phi) is 4.53. The van der Waals surface area contributed by atoms with Gasteiger partial charge in [0.15, 0.2) is 0 Å². The molecule has 3 N–H and O–H groups in total. The van der Waals surface area contributed by atoms with Crippen LogP contribution in [0.3, 0.4) is 0 Å². The number of fused-ring (bicyclic) bond motifs is 1. The molecule has 2 saturated carbocycles. The van der Waals surface area contributed by atoms with Crippen molar-refractivity contribution in [2.45, 2.75) is 56.9 Å². The molecule has 1 aromatic carbocycles. The molecule has 2 aliphatic carbocycles. The summed E-state index contributed by atoms with van der Waals surface area (Å²) < 4.78 is 0. The van der Waals surface area contributed by atoms with Crippen molar-refractivity contribution in [3.8, 4) is 0 Å². The quantitative estimate of drug-likeness (QED) is 0.893. The third-order valence-electron chi connectivity index (χ3n) is 6.01. The van der Waals surface area contributed by atoms with Crippen molar-refractivity contribution in [3.05, 3.63) is 35.9 Å². The summed E-state index contributed by atoms with van der Waals surface area (Å²) in [6, 6.07) is 9.83. The van der Waals surface area contributed by atoms with Gasteiger partial charge in [0.1, 0.15) is 5.54 Å². The fourth-order valence-electron chi connectivity index (χ4n) is 4.67. The number of rotatable bonds is 4. The van der Waals surface area contributed by atoms with Crippen LogP contribution >= 0.6 is 0 Å². The Hall–Kier alpha value is -1.35. The maximum Gasteiger partial charge on any atom is 0.324 e. The van der Waals surface area contributed by atoms with Crippen LogP contribution in [0.5, 0.6) is 0 Å². The minimum Gasteiger partial charge on any atom is -0.480 e. The highest BCUT2D eigenvalue weighted by Gasteiger charge is 2.46. The molecule has 3 rings (SSSR count). The summed E-state index contributed by atoms with van der Waals surface area (Å²) >= 11 is 0. The van der Waals surface area contributed by atoms with Gasteiger partial charge in [-0.3, -0.25) is 4.79 Å². The van der Waals surface area contributed by atoms with Crippen LogP contribution in [-0.4, -0.2) is 16.6 Å². The fraction of sp³-hybridized carbons (Fsp3) is 0.632. The molecule has 0 radical (unpaired) electrons. The standard InChI is InChI=1S/C19H27NO2/c20-19(18(21)22,13-14-6-2-1-3-7-14)17-11-10-15-8-4-5-9-16(15)12-17/h1-3,6-7,15-17H,4-5,8-13,20H2,(H,21,22). The zero-order valence-electron chi connectivity index (χ0n) is 13.2. The molecule has 0 aromatic heterocycles. The Labute approximate surface area is 132 Å². The van der Waals surface area contributed by atoms with Gasteiger partial charge < -0.3 is 10.8 Å². The van der Waals surface area contributed by atoms with Crippen molar-refractivity contribution >= 4 is 5.97 Å². The zero-order chi connectivity index (χ0) is 15.6. The molecule has 0 aliphatic heterocycles. The van der Waals surface area contributed by atoms with E-state index >= 15 is 0 Å². The summed E-state index contributed by atoms with van der Waals surface area (Å²) in [6.45, 7) is 0. The molecule has 2 fully saturated rings. The molecule has 3 nitrogen and oxygen atoms in total. The average Bonchev–Trinajstić information content (AvgIpc) is 2.55. The van der Waals surface area contributed by atoms with Crippen molar-refractivity contribution < 1.29 is 9.90 Å². The maximum absolute atomic E-state index is 12.0. The topological polar surface area (TPSA) is 63.3 Å². The van der Waals surface area contributed by atoms with E-state index in [1.54, 1.807) is 0 Å². The Morgan fingerprint density at radius 3 is 2.45 bits per heavy atom.